The van der Waals surface area contributed by atoms with Crippen molar-refractivity contribution in [1.82, 2.24) is 0 Å². The first-order chi connectivity index (χ1) is 9.28. The molecule has 0 aromatic carbocycles. The molecule has 3 nitrogen and oxygen atoms in total. The van der Waals surface area contributed by atoms with Gasteiger partial charge in [-0.05, 0) is 37.8 Å². The molecule has 0 saturated carbocycles. The molecule has 0 bridgehead atoms. The van der Waals surface area contributed by atoms with E-state index in [-0.39, 0.29) is 0 Å². The Balaban J connectivity index is 4.51. The first kappa shape index (κ1) is 17.9. The van der Waals surface area contributed by atoms with E-state index in [0.717, 1.165) is 38.5 Å². The summed E-state index contributed by atoms with van der Waals surface area (Å²) < 4.78 is 16.9. The highest BCUT2D eigenvalue weighted by Crippen LogP contribution is 2.13. The van der Waals surface area contributed by atoms with Gasteiger partial charge in [-0.15, -0.1) is 0 Å². The lowest BCUT2D eigenvalue weighted by Crippen LogP contribution is -2.03. The van der Waals surface area contributed by atoms with E-state index in [4.69, 9.17) is 14.2 Å². The smallest absolute Gasteiger partial charge is 0.282 e. The van der Waals surface area contributed by atoms with Gasteiger partial charge in [0.15, 0.2) is 0 Å². The number of hydrogen-bond donors (Lipinski definition) is 0. The second-order valence-corrected chi connectivity index (χ2v) is 4.42. The maximum Gasteiger partial charge on any atom is 0.282 e. The highest BCUT2D eigenvalue weighted by atomic mass is 16.7. The SMILES string of the molecule is CCC/C=C(/OCCC)O/C(=C\CCC)OCCC. The van der Waals surface area contributed by atoms with Crippen LogP contribution in [0.4, 0.5) is 0 Å². The fourth-order valence-electron chi connectivity index (χ4n) is 1.29. The monoisotopic (exact) mass is 270 g/mol. The Morgan fingerprint density at radius 2 is 1.11 bits per heavy atom. The van der Waals surface area contributed by atoms with Crippen LogP contribution in [0.2, 0.25) is 0 Å². The molecule has 0 aliphatic carbocycles. The van der Waals surface area contributed by atoms with Crippen molar-refractivity contribution >= 4 is 0 Å². The Kier molecular flexibility index (Phi) is 12.5. The van der Waals surface area contributed by atoms with Crippen LogP contribution in [0.15, 0.2) is 24.0 Å². The van der Waals surface area contributed by atoms with Crippen LogP contribution in [-0.4, -0.2) is 13.2 Å². The molecule has 0 rings (SSSR count). The summed E-state index contributed by atoms with van der Waals surface area (Å²) in [6, 6.07) is 0. The first-order valence-corrected chi connectivity index (χ1v) is 7.62. The van der Waals surface area contributed by atoms with E-state index in [9.17, 15) is 0 Å². The van der Waals surface area contributed by atoms with Gasteiger partial charge < -0.3 is 14.2 Å². The van der Waals surface area contributed by atoms with Crippen LogP contribution in [-0.2, 0) is 14.2 Å². The summed E-state index contributed by atoms with van der Waals surface area (Å²) in [7, 11) is 0. The predicted molar refractivity (Wildman–Crippen MR) is 79.6 cm³/mol. The van der Waals surface area contributed by atoms with Crippen molar-refractivity contribution in [1.29, 1.82) is 0 Å². The summed E-state index contributed by atoms with van der Waals surface area (Å²) >= 11 is 0. The molecule has 19 heavy (non-hydrogen) atoms. The number of allylic oxidation sites excluding steroid dienone is 2. The zero-order valence-corrected chi connectivity index (χ0v) is 13.0. The number of ether oxygens (including phenoxy) is 3. The minimum absolute atomic E-state index is 0.571. The molecule has 0 atom stereocenters. The first-order valence-electron chi connectivity index (χ1n) is 7.62. The summed E-state index contributed by atoms with van der Waals surface area (Å²) in [6.07, 6.45) is 9.98. The van der Waals surface area contributed by atoms with Crippen molar-refractivity contribution in [2.45, 2.75) is 66.2 Å². The van der Waals surface area contributed by atoms with Gasteiger partial charge in [0.05, 0.1) is 13.2 Å². The van der Waals surface area contributed by atoms with Crippen LogP contribution in [0.25, 0.3) is 0 Å². The van der Waals surface area contributed by atoms with Gasteiger partial charge >= 0.3 is 0 Å². The van der Waals surface area contributed by atoms with Crippen LogP contribution in [0.1, 0.15) is 66.2 Å². The van der Waals surface area contributed by atoms with Crippen molar-refractivity contribution in [2.24, 2.45) is 0 Å². The van der Waals surface area contributed by atoms with Gasteiger partial charge in [0.25, 0.3) is 11.9 Å². The van der Waals surface area contributed by atoms with E-state index in [1.165, 1.54) is 0 Å². The molecule has 0 amide bonds. The van der Waals surface area contributed by atoms with E-state index in [0.29, 0.717) is 25.1 Å². The largest absolute Gasteiger partial charge is 0.465 e. The molecule has 0 aliphatic rings. The maximum atomic E-state index is 5.74. The van der Waals surface area contributed by atoms with Gasteiger partial charge in [-0.2, -0.15) is 0 Å². The molecular formula is C16H30O3. The minimum Gasteiger partial charge on any atom is -0.465 e. The molecule has 3 heteroatoms. The lowest BCUT2D eigenvalue weighted by Gasteiger charge is -2.14. The van der Waals surface area contributed by atoms with Crippen molar-refractivity contribution in [3.05, 3.63) is 24.0 Å². The molecule has 0 radical (unpaired) electrons. The Bertz CT molecular complexity index is 231. The van der Waals surface area contributed by atoms with E-state index in [1.54, 1.807) is 0 Å². The van der Waals surface area contributed by atoms with Gasteiger partial charge in [0.2, 0.25) is 0 Å². The quantitative estimate of drug-likeness (QED) is 0.460. The second-order valence-electron chi connectivity index (χ2n) is 4.42. The molecule has 0 heterocycles. The van der Waals surface area contributed by atoms with Crippen molar-refractivity contribution in [3.8, 4) is 0 Å². The number of unbranched alkanes of at least 4 members (excludes halogenated alkanes) is 2. The predicted octanol–water partition coefficient (Wildman–Crippen LogP) is 5.14. The molecule has 0 aromatic heterocycles. The maximum absolute atomic E-state index is 5.74. The Morgan fingerprint density at radius 1 is 0.684 bits per heavy atom. The van der Waals surface area contributed by atoms with E-state index >= 15 is 0 Å². The number of hydrogen-bond acceptors (Lipinski definition) is 3. The zero-order chi connectivity index (χ0) is 14.3. The highest BCUT2D eigenvalue weighted by molar-refractivity contribution is 4.92. The third kappa shape index (κ3) is 10.5. The van der Waals surface area contributed by atoms with Crippen LogP contribution in [0.3, 0.4) is 0 Å². The number of rotatable bonds is 12. The molecule has 0 spiro atoms. The Labute approximate surface area is 118 Å². The molecule has 0 N–H and O–H groups in total. The summed E-state index contributed by atoms with van der Waals surface area (Å²) in [5.41, 5.74) is 0. The topological polar surface area (TPSA) is 27.7 Å². The highest BCUT2D eigenvalue weighted by Gasteiger charge is 2.05. The van der Waals surface area contributed by atoms with Gasteiger partial charge in [0.1, 0.15) is 0 Å². The third-order valence-electron chi connectivity index (χ3n) is 2.30. The van der Waals surface area contributed by atoms with Gasteiger partial charge in [-0.25, -0.2) is 0 Å². The molecule has 0 aliphatic heterocycles. The van der Waals surface area contributed by atoms with Crippen LogP contribution in [0, 0.1) is 0 Å². The van der Waals surface area contributed by atoms with Crippen molar-refractivity contribution in [3.63, 3.8) is 0 Å². The van der Waals surface area contributed by atoms with Gasteiger partial charge in [-0.3, -0.25) is 0 Å². The average molecular weight is 270 g/mol. The fourth-order valence-corrected chi connectivity index (χ4v) is 1.29. The Morgan fingerprint density at radius 3 is 1.42 bits per heavy atom. The molecular weight excluding hydrogens is 240 g/mol. The summed E-state index contributed by atoms with van der Waals surface area (Å²) in [5, 5.41) is 0. The second kappa shape index (κ2) is 13.3. The standard InChI is InChI=1S/C16H30O3/c1-5-9-11-15(17-13-7-3)19-16(12-10-6-2)18-14-8-4/h11-12H,5-10,13-14H2,1-4H3/b15-11-,16-12-. The Hall–Kier alpha value is -1.12. The molecule has 112 valence electrons. The van der Waals surface area contributed by atoms with Crippen LogP contribution in [0.5, 0.6) is 0 Å². The van der Waals surface area contributed by atoms with E-state index < -0.39 is 0 Å². The van der Waals surface area contributed by atoms with Gasteiger partial charge in [0, 0.05) is 0 Å². The normalized spacial score (nSPS) is 12.4. The van der Waals surface area contributed by atoms with E-state index in [2.05, 4.69) is 27.7 Å². The summed E-state index contributed by atoms with van der Waals surface area (Å²) in [5.74, 6) is 1.14. The molecule has 0 fully saturated rings. The van der Waals surface area contributed by atoms with Crippen LogP contribution >= 0.6 is 0 Å². The average Bonchev–Trinajstić information content (AvgIpc) is 2.44. The van der Waals surface area contributed by atoms with Crippen LogP contribution < -0.4 is 0 Å². The zero-order valence-electron chi connectivity index (χ0n) is 13.0. The van der Waals surface area contributed by atoms with Crippen molar-refractivity contribution < 1.29 is 14.2 Å². The molecule has 0 aromatic rings. The third-order valence-corrected chi connectivity index (χ3v) is 2.30. The lowest BCUT2D eigenvalue weighted by molar-refractivity contribution is -0.00656. The van der Waals surface area contributed by atoms with E-state index in [1.807, 2.05) is 12.2 Å². The van der Waals surface area contributed by atoms with Gasteiger partial charge in [-0.1, -0.05) is 40.5 Å². The minimum atomic E-state index is 0.571. The summed E-state index contributed by atoms with van der Waals surface area (Å²) in [6.45, 7) is 9.77. The van der Waals surface area contributed by atoms with Crippen molar-refractivity contribution in [2.75, 3.05) is 13.2 Å². The lowest BCUT2D eigenvalue weighted by atomic mass is 10.3. The molecule has 0 saturated heterocycles. The fraction of sp³-hybridized carbons (Fsp3) is 0.750. The molecule has 0 unspecified atom stereocenters. The summed E-state index contributed by atoms with van der Waals surface area (Å²) in [4.78, 5) is 0.